The summed E-state index contributed by atoms with van der Waals surface area (Å²) in [5, 5.41) is 0.692. The van der Waals surface area contributed by atoms with Crippen molar-refractivity contribution in [1.29, 1.82) is 0 Å². The van der Waals surface area contributed by atoms with Crippen molar-refractivity contribution in [2.24, 2.45) is 10.8 Å². The zero-order valence-corrected chi connectivity index (χ0v) is 21.6. The topological polar surface area (TPSA) is 42.0 Å². The first-order valence-electron chi connectivity index (χ1n) is 12.5. The predicted octanol–water partition coefficient (Wildman–Crippen LogP) is 3.25. The number of thioether (sulfide) groups is 1. The van der Waals surface area contributed by atoms with E-state index < -0.39 is 10.8 Å². The molecule has 7 heteroatoms. The Hall–Kier alpha value is 0.340. The minimum atomic E-state index is -0.580. The van der Waals surface area contributed by atoms with Crippen LogP contribution in [0, 0.1) is 10.8 Å². The normalized spacial score (nSPS) is 29.9. The summed E-state index contributed by atoms with van der Waals surface area (Å²) in [6.07, 6.45) is 7.11. The molecule has 4 fully saturated rings. The third kappa shape index (κ3) is 7.68. The van der Waals surface area contributed by atoms with Gasteiger partial charge in [-0.1, -0.05) is 0 Å². The van der Waals surface area contributed by atoms with Crippen LogP contribution in [0.3, 0.4) is 0 Å². The largest absolute Gasteiger partial charge is 0.378 e. The molecule has 4 aliphatic rings. The van der Waals surface area contributed by atoms with Crippen LogP contribution in [-0.4, -0.2) is 101 Å². The molecule has 2 heterocycles. The molecule has 0 aromatic carbocycles. The molecular weight excluding hydrogens is 428 g/mol. The molecule has 0 aromatic rings. The van der Waals surface area contributed by atoms with E-state index >= 15 is 0 Å². The van der Waals surface area contributed by atoms with Gasteiger partial charge in [0.05, 0.1) is 25.4 Å². The highest BCUT2D eigenvalue weighted by Crippen LogP contribution is 2.48. The van der Waals surface area contributed by atoms with Gasteiger partial charge in [-0.05, 0) is 52.9 Å². The van der Waals surface area contributed by atoms with Crippen LogP contribution in [0.5, 0.6) is 0 Å². The van der Waals surface area contributed by atoms with Crippen LogP contribution in [-0.2, 0) is 20.3 Å². The molecule has 2 saturated heterocycles. The molecule has 180 valence electrons. The van der Waals surface area contributed by atoms with Crippen LogP contribution in [0.1, 0.15) is 52.9 Å². The standard InChI is InChI=1S/C24H44N2O3S2/c1-20(2)28-18-24(6-7-24)17-26-8-11-30-22(15-26)14-21(3)29-19-23(4-5-23)16-25-9-12-31(27)13-10-25/h20-22H,4-19H2,1-3H3. The number of hydrogen-bond donors (Lipinski definition) is 0. The van der Waals surface area contributed by atoms with E-state index in [-0.39, 0.29) is 0 Å². The average molecular weight is 473 g/mol. The van der Waals surface area contributed by atoms with Crippen molar-refractivity contribution in [2.75, 3.05) is 69.7 Å². The lowest BCUT2D eigenvalue weighted by Gasteiger charge is -2.36. The highest BCUT2D eigenvalue weighted by atomic mass is 32.2. The van der Waals surface area contributed by atoms with Gasteiger partial charge in [0.1, 0.15) is 0 Å². The van der Waals surface area contributed by atoms with E-state index in [1.165, 1.54) is 51.1 Å². The second kappa shape index (κ2) is 10.7. The molecule has 0 bridgehead atoms. The van der Waals surface area contributed by atoms with Crippen molar-refractivity contribution in [3.05, 3.63) is 0 Å². The molecule has 2 aliphatic carbocycles. The summed E-state index contributed by atoms with van der Waals surface area (Å²) in [5.74, 6) is 2.96. The van der Waals surface area contributed by atoms with Crippen LogP contribution in [0.25, 0.3) is 0 Å². The maximum absolute atomic E-state index is 11.6. The van der Waals surface area contributed by atoms with Crippen molar-refractivity contribution in [1.82, 2.24) is 9.80 Å². The zero-order valence-electron chi connectivity index (χ0n) is 20.0. The molecule has 0 aromatic heterocycles. The molecule has 2 aliphatic heterocycles. The van der Waals surface area contributed by atoms with Gasteiger partial charge in [0.2, 0.25) is 0 Å². The van der Waals surface area contributed by atoms with Crippen LogP contribution >= 0.6 is 11.8 Å². The second-order valence-corrected chi connectivity index (χ2v) is 14.2. The molecule has 0 spiro atoms. The maximum atomic E-state index is 11.6. The van der Waals surface area contributed by atoms with Crippen LogP contribution in [0.15, 0.2) is 0 Å². The zero-order chi connectivity index (χ0) is 21.9. The smallest absolute Gasteiger partial charge is 0.0558 e. The highest BCUT2D eigenvalue weighted by Gasteiger charge is 2.46. The number of hydrogen-bond acceptors (Lipinski definition) is 6. The van der Waals surface area contributed by atoms with Gasteiger partial charge < -0.3 is 19.3 Å². The van der Waals surface area contributed by atoms with Crippen molar-refractivity contribution in [3.8, 4) is 0 Å². The SMILES string of the molecule is CC(C)OCC1(CN2CCSC(CC(C)OCC3(CN4CCS(=O)CC4)CC3)C2)CC1. The van der Waals surface area contributed by atoms with E-state index in [0.29, 0.717) is 28.3 Å². The number of ether oxygens (including phenoxy) is 2. The summed E-state index contributed by atoms with van der Waals surface area (Å²) in [7, 11) is -0.580. The first kappa shape index (κ1) is 24.5. The summed E-state index contributed by atoms with van der Waals surface area (Å²) >= 11 is 2.15. The fourth-order valence-electron chi connectivity index (χ4n) is 5.00. The molecule has 2 saturated carbocycles. The van der Waals surface area contributed by atoms with Crippen LogP contribution in [0.2, 0.25) is 0 Å². The Bertz CT molecular complexity index is 600. The third-order valence-electron chi connectivity index (χ3n) is 7.52. The first-order valence-corrected chi connectivity index (χ1v) is 15.0. The summed E-state index contributed by atoms with van der Waals surface area (Å²) in [4.78, 5) is 5.22. The lowest BCUT2D eigenvalue weighted by atomic mass is 10.1. The average Bonchev–Trinajstić information content (AvgIpc) is 3.66. The number of nitrogens with zero attached hydrogens (tertiary/aromatic N) is 2. The van der Waals surface area contributed by atoms with Gasteiger partial charge in [-0.15, -0.1) is 0 Å². The molecule has 5 nitrogen and oxygen atoms in total. The molecule has 0 radical (unpaired) electrons. The quantitative estimate of drug-likeness (QED) is 0.434. The van der Waals surface area contributed by atoms with Crippen LogP contribution in [0.4, 0.5) is 0 Å². The van der Waals surface area contributed by atoms with Crippen molar-refractivity contribution >= 4 is 22.6 Å². The molecule has 2 unspecified atom stereocenters. The van der Waals surface area contributed by atoms with Gasteiger partial charge in [-0.25, -0.2) is 0 Å². The van der Waals surface area contributed by atoms with E-state index in [1.54, 1.807) is 0 Å². The van der Waals surface area contributed by atoms with Gasteiger partial charge in [-0.2, -0.15) is 11.8 Å². The monoisotopic (exact) mass is 472 g/mol. The molecule has 31 heavy (non-hydrogen) atoms. The van der Waals surface area contributed by atoms with E-state index in [9.17, 15) is 4.21 Å². The Morgan fingerprint density at radius 2 is 1.55 bits per heavy atom. The maximum Gasteiger partial charge on any atom is 0.0558 e. The van der Waals surface area contributed by atoms with Crippen molar-refractivity contribution < 1.29 is 13.7 Å². The lowest BCUT2D eigenvalue weighted by Crippen LogP contribution is -2.43. The molecule has 0 N–H and O–H groups in total. The highest BCUT2D eigenvalue weighted by molar-refractivity contribution is 8.00. The molecule has 0 amide bonds. The third-order valence-corrected chi connectivity index (χ3v) is 10.0. The van der Waals surface area contributed by atoms with E-state index in [0.717, 1.165) is 50.8 Å². The fourth-order valence-corrected chi connectivity index (χ4v) is 7.55. The van der Waals surface area contributed by atoms with Crippen LogP contribution < -0.4 is 0 Å². The van der Waals surface area contributed by atoms with E-state index in [4.69, 9.17) is 9.47 Å². The Balaban J connectivity index is 1.15. The van der Waals surface area contributed by atoms with Gasteiger partial charge in [0.25, 0.3) is 0 Å². The van der Waals surface area contributed by atoms with E-state index in [1.807, 2.05) is 0 Å². The minimum absolute atomic E-state index is 0.336. The van der Waals surface area contributed by atoms with Crippen molar-refractivity contribution in [2.45, 2.75) is 70.3 Å². The Kier molecular flexibility index (Phi) is 8.47. The Morgan fingerprint density at radius 3 is 2.16 bits per heavy atom. The lowest BCUT2D eigenvalue weighted by molar-refractivity contribution is 0.0147. The van der Waals surface area contributed by atoms with Gasteiger partial charge in [0, 0.05) is 83.4 Å². The molecule has 2 atom stereocenters. The Morgan fingerprint density at radius 1 is 0.935 bits per heavy atom. The van der Waals surface area contributed by atoms with E-state index in [2.05, 4.69) is 42.3 Å². The minimum Gasteiger partial charge on any atom is -0.378 e. The van der Waals surface area contributed by atoms with Gasteiger partial charge in [-0.3, -0.25) is 4.21 Å². The predicted molar refractivity (Wildman–Crippen MR) is 131 cm³/mol. The molecule has 4 rings (SSSR count). The summed E-state index contributed by atoms with van der Waals surface area (Å²) in [6.45, 7) is 15.2. The van der Waals surface area contributed by atoms with Gasteiger partial charge in [0.15, 0.2) is 0 Å². The second-order valence-electron chi connectivity index (χ2n) is 11.1. The summed E-state index contributed by atoms with van der Waals surface area (Å²) in [5.41, 5.74) is 0.825. The molecular formula is C24H44N2O3S2. The summed E-state index contributed by atoms with van der Waals surface area (Å²) < 4.78 is 24.0. The number of rotatable bonds is 12. The van der Waals surface area contributed by atoms with Gasteiger partial charge >= 0.3 is 0 Å². The Labute approximate surface area is 196 Å². The first-order chi connectivity index (χ1) is 14.9. The van der Waals surface area contributed by atoms with Crippen molar-refractivity contribution in [3.63, 3.8) is 0 Å². The summed E-state index contributed by atoms with van der Waals surface area (Å²) in [6, 6.07) is 0. The fraction of sp³-hybridized carbons (Fsp3) is 1.00.